The predicted octanol–water partition coefficient (Wildman–Crippen LogP) is 7.16. The maximum absolute atomic E-state index is 15.1. The Bertz CT molecular complexity index is 1480. The Labute approximate surface area is 239 Å². The van der Waals surface area contributed by atoms with Gasteiger partial charge in [0.1, 0.15) is 5.60 Å². The van der Waals surface area contributed by atoms with Crippen LogP contribution in [0.1, 0.15) is 73.7 Å². The summed E-state index contributed by atoms with van der Waals surface area (Å²) in [5.41, 5.74) is -0.594. The highest BCUT2D eigenvalue weighted by Gasteiger charge is 2.79. The lowest BCUT2D eigenvalue weighted by molar-refractivity contribution is -0.362. The fourth-order valence-corrected chi connectivity index (χ4v) is 8.22. The number of alkyl halides is 5. The average molecular weight is 587 g/mol. The van der Waals surface area contributed by atoms with Crippen molar-refractivity contribution in [3.8, 4) is 0 Å². The van der Waals surface area contributed by atoms with Crippen LogP contribution in [0.5, 0.6) is 0 Å². The maximum atomic E-state index is 15.1. The van der Waals surface area contributed by atoms with Gasteiger partial charge in [0.2, 0.25) is 0 Å². The Morgan fingerprint density at radius 3 is 2.45 bits per heavy atom. The van der Waals surface area contributed by atoms with Gasteiger partial charge in [-0.25, -0.2) is 0 Å². The summed E-state index contributed by atoms with van der Waals surface area (Å²) in [6.07, 6.45) is -0.0427. The summed E-state index contributed by atoms with van der Waals surface area (Å²) in [6.45, 7) is 1.39. The predicted molar refractivity (Wildman–Crippen MR) is 145 cm³/mol. The van der Waals surface area contributed by atoms with Gasteiger partial charge in [0, 0.05) is 29.5 Å². The largest absolute Gasteiger partial charge is 0.456 e. The minimum absolute atomic E-state index is 0.0223. The number of halogens is 5. The fourth-order valence-electron chi connectivity index (χ4n) is 8.22. The number of fused-ring (bicyclic) bond motifs is 4. The number of hydrogen-bond acceptors (Lipinski definition) is 4. The third-order valence-electron chi connectivity index (χ3n) is 10.3. The first kappa shape index (κ1) is 28.7. The summed E-state index contributed by atoms with van der Waals surface area (Å²) < 4.78 is 71.5. The van der Waals surface area contributed by atoms with E-state index in [4.69, 9.17) is 0 Å². The van der Waals surface area contributed by atoms with Gasteiger partial charge in [0.25, 0.3) is 5.91 Å². The fraction of sp³-hybridized carbons (Fsp3) is 0.469. The van der Waals surface area contributed by atoms with Gasteiger partial charge in [-0.15, -0.1) is 0 Å². The summed E-state index contributed by atoms with van der Waals surface area (Å²) in [5, 5.41) is 14.1. The monoisotopic (exact) mass is 586 g/mol. The molecule has 6 rings (SSSR count). The van der Waals surface area contributed by atoms with Gasteiger partial charge in [0.05, 0.1) is 11.9 Å². The third-order valence-corrected chi connectivity index (χ3v) is 10.3. The molecule has 4 aliphatic carbocycles. The Balaban J connectivity index is 1.42. The highest BCUT2D eigenvalue weighted by Crippen LogP contribution is 2.70. The quantitative estimate of drug-likeness (QED) is 0.373. The minimum atomic E-state index is -5.90. The molecular weight excluding hydrogens is 555 g/mol. The number of pyridine rings is 1. The van der Waals surface area contributed by atoms with Gasteiger partial charge in [-0.1, -0.05) is 24.6 Å². The van der Waals surface area contributed by atoms with Gasteiger partial charge >= 0.3 is 12.1 Å². The zero-order chi connectivity index (χ0) is 30.1. The van der Waals surface area contributed by atoms with Crippen LogP contribution in [0, 0.1) is 17.3 Å². The van der Waals surface area contributed by atoms with Crippen LogP contribution < -0.4 is 5.32 Å². The highest BCUT2D eigenvalue weighted by molar-refractivity contribution is 6.04. The molecule has 222 valence electrons. The lowest BCUT2D eigenvalue weighted by Crippen LogP contribution is -2.65. The molecule has 10 heteroatoms. The summed E-state index contributed by atoms with van der Waals surface area (Å²) in [5.74, 6) is -7.09. The van der Waals surface area contributed by atoms with E-state index in [0.717, 1.165) is 16.7 Å². The number of aliphatic hydroxyl groups is 1. The topological polar surface area (TPSA) is 79.3 Å². The molecule has 2 aromatic rings. The second kappa shape index (κ2) is 9.82. The van der Waals surface area contributed by atoms with E-state index in [-0.39, 0.29) is 30.4 Å². The molecule has 0 spiro atoms. The molecule has 0 saturated heterocycles. The summed E-state index contributed by atoms with van der Waals surface area (Å²) in [6, 6.07) is 9.99. The number of benzene rings is 1. The zero-order valence-electron chi connectivity index (χ0n) is 23.0. The Morgan fingerprint density at radius 2 is 1.79 bits per heavy atom. The number of anilines is 1. The Morgan fingerprint density at radius 1 is 1.05 bits per heavy atom. The zero-order valence-corrected chi connectivity index (χ0v) is 23.0. The molecule has 0 bridgehead atoms. The van der Waals surface area contributed by atoms with Gasteiger partial charge in [0.15, 0.2) is 5.78 Å². The van der Waals surface area contributed by atoms with Crippen molar-refractivity contribution < 1.29 is 36.6 Å². The highest BCUT2D eigenvalue weighted by atomic mass is 19.4. The number of nitrogens with one attached hydrogen (secondary N) is 1. The molecule has 1 aromatic heterocycles. The second-order valence-corrected chi connectivity index (χ2v) is 12.3. The van der Waals surface area contributed by atoms with Crippen LogP contribution in [0.4, 0.5) is 27.6 Å². The molecule has 5 atom stereocenters. The van der Waals surface area contributed by atoms with Crippen LogP contribution in [-0.4, -0.2) is 39.5 Å². The standard InChI is InChI=1S/C32H31F5N2O3/c1-29-16-25(18-4-6-19(7-5-18)28(41)39-21-3-2-14-38-17-21)27-23-11-9-22(40)15-20(23)8-10-24(27)26(29)12-13-30(29,42)31(33,34)32(35,36)37/h2-7,14-15,17,24-26,42H,8-13,16H2,1H3,(H,39,41)/t24?,25-,26+,29?,30+/m1/s1. The molecule has 2 N–H and O–H groups in total. The number of amides is 1. The van der Waals surface area contributed by atoms with Crippen molar-refractivity contribution >= 4 is 17.4 Å². The molecule has 4 aliphatic rings. The SMILES string of the molecule is CC12C[C@H](c3ccc(C(=O)Nc4cccnc4)cc3)C3=C4CCC(=O)C=C4CCC3[C@@H]1CC[C@@]2(O)C(F)(F)C(F)(F)F. The van der Waals surface area contributed by atoms with Crippen molar-refractivity contribution in [3.05, 3.63) is 82.7 Å². The summed E-state index contributed by atoms with van der Waals surface area (Å²) >= 11 is 0. The number of ketones is 1. The van der Waals surface area contributed by atoms with Crippen molar-refractivity contribution in [2.24, 2.45) is 17.3 Å². The smallest absolute Gasteiger partial charge is 0.383 e. The molecule has 2 fully saturated rings. The van der Waals surface area contributed by atoms with Crippen molar-refractivity contribution in [1.29, 1.82) is 0 Å². The Hall–Kier alpha value is -3.40. The number of carbonyl (C=O) groups is 2. The molecule has 1 aromatic carbocycles. The van der Waals surface area contributed by atoms with E-state index >= 15 is 8.78 Å². The minimum Gasteiger partial charge on any atom is -0.383 e. The molecular formula is C32H31F5N2O3. The van der Waals surface area contributed by atoms with Gasteiger partial charge in [-0.2, -0.15) is 22.0 Å². The molecule has 42 heavy (non-hydrogen) atoms. The number of rotatable bonds is 4. The van der Waals surface area contributed by atoms with Crippen molar-refractivity contribution in [2.75, 3.05) is 5.32 Å². The van der Waals surface area contributed by atoms with Crippen LogP contribution in [0.15, 0.2) is 71.6 Å². The van der Waals surface area contributed by atoms with Gasteiger partial charge < -0.3 is 10.4 Å². The average Bonchev–Trinajstić information content (AvgIpc) is 3.23. The molecule has 1 heterocycles. The molecule has 1 amide bonds. The van der Waals surface area contributed by atoms with Crippen LogP contribution in [-0.2, 0) is 4.79 Å². The maximum Gasteiger partial charge on any atom is 0.456 e. The number of nitrogens with zero attached hydrogens (tertiary/aromatic N) is 1. The number of allylic oxidation sites excluding steroid dienone is 4. The van der Waals surface area contributed by atoms with Crippen LogP contribution in [0.25, 0.3) is 0 Å². The van der Waals surface area contributed by atoms with Crippen LogP contribution in [0.2, 0.25) is 0 Å². The first-order chi connectivity index (χ1) is 19.8. The first-order valence-corrected chi connectivity index (χ1v) is 14.2. The van der Waals surface area contributed by atoms with E-state index in [1.165, 1.54) is 13.1 Å². The van der Waals surface area contributed by atoms with E-state index in [9.17, 15) is 27.9 Å². The van der Waals surface area contributed by atoms with Gasteiger partial charge in [-0.3, -0.25) is 14.6 Å². The van der Waals surface area contributed by atoms with E-state index in [1.54, 1.807) is 48.7 Å². The van der Waals surface area contributed by atoms with Crippen LogP contribution >= 0.6 is 0 Å². The molecule has 2 saturated carbocycles. The molecule has 0 aliphatic heterocycles. The lowest BCUT2D eigenvalue weighted by Gasteiger charge is -2.56. The van der Waals surface area contributed by atoms with Gasteiger partial charge in [-0.05, 0) is 97.4 Å². The van der Waals surface area contributed by atoms with E-state index in [1.807, 2.05) is 0 Å². The van der Waals surface area contributed by atoms with Crippen molar-refractivity contribution in [3.63, 3.8) is 0 Å². The number of carbonyl (C=O) groups excluding carboxylic acids is 2. The third kappa shape index (κ3) is 4.24. The lowest BCUT2D eigenvalue weighted by atomic mass is 9.50. The summed E-state index contributed by atoms with van der Waals surface area (Å²) in [7, 11) is 0. The molecule has 0 radical (unpaired) electrons. The van der Waals surface area contributed by atoms with Crippen molar-refractivity contribution in [1.82, 2.24) is 4.98 Å². The van der Waals surface area contributed by atoms with Crippen molar-refractivity contribution in [2.45, 2.75) is 75.5 Å². The molecule has 5 nitrogen and oxygen atoms in total. The summed E-state index contributed by atoms with van der Waals surface area (Å²) in [4.78, 5) is 29.0. The number of hydrogen-bond donors (Lipinski definition) is 2. The number of aromatic nitrogens is 1. The normalized spacial score (nSPS) is 31.2. The second-order valence-electron chi connectivity index (χ2n) is 12.3. The van der Waals surface area contributed by atoms with E-state index in [2.05, 4.69) is 10.3 Å². The van der Waals surface area contributed by atoms with E-state index in [0.29, 0.717) is 42.5 Å². The van der Waals surface area contributed by atoms with Crippen LogP contribution in [0.3, 0.4) is 0 Å². The first-order valence-electron chi connectivity index (χ1n) is 14.2. The Kier molecular flexibility index (Phi) is 6.72. The molecule has 2 unspecified atom stereocenters. The van der Waals surface area contributed by atoms with E-state index < -0.39 is 41.4 Å².